The average Bonchev–Trinajstić information content (AvgIpc) is 2.37. The Morgan fingerprint density at radius 1 is 1.37 bits per heavy atom. The highest BCUT2D eigenvalue weighted by atomic mass is 35.5. The molecule has 0 bridgehead atoms. The zero-order valence-electron chi connectivity index (χ0n) is 10.8. The molecule has 0 radical (unpaired) electrons. The third-order valence-electron chi connectivity index (χ3n) is 2.71. The highest BCUT2D eigenvalue weighted by Gasteiger charge is 2.09. The Bertz CT molecular complexity index is 575. The van der Waals surface area contributed by atoms with E-state index in [9.17, 15) is 5.11 Å². The van der Waals surface area contributed by atoms with Gasteiger partial charge < -0.3 is 5.11 Å². The third-order valence-corrected chi connectivity index (χ3v) is 4.22. The van der Waals surface area contributed by atoms with Crippen LogP contribution in [0, 0.1) is 6.92 Å². The van der Waals surface area contributed by atoms with Gasteiger partial charge in [0, 0.05) is 22.3 Å². The van der Waals surface area contributed by atoms with Gasteiger partial charge in [0.15, 0.2) is 0 Å². The van der Waals surface area contributed by atoms with Gasteiger partial charge in [-0.25, -0.2) is 9.97 Å². The molecule has 1 N–H and O–H groups in total. The van der Waals surface area contributed by atoms with Gasteiger partial charge >= 0.3 is 0 Å². The van der Waals surface area contributed by atoms with E-state index in [0.29, 0.717) is 5.75 Å². The van der Waals surface area contributed by atoms with E-state index >= 15 is 0 Å². The molecule has 0 saturated heterocycles. The van der Waals surface area contributed by atoms with Gasteiger partial charge in [-0.15, -0.1) is 11.8 Å². The second-order valence-electron chi connectivity index (χ2n) is 4.22. The van der Waals surface area contributed by atoms with Crippen LogP contribution in [-0.4, -0.2) is 15.1 Å². The van der Waals surface area contributed by atoms with Gasteiger partial charge in [0.1, 0.15) is 5.82 Å². The molecule has 1 heterocycles. The van der Waals surface area contributed by atoms with Crippen LogP contribution in [0.2, 0.25) is 5.02 Å². The molecular weight excluding hydrogens is 280 g/mol. The van der Waals surface area contributed by atoms with E-state index in [0.717, 1.165) is 27.0 Å². The lowest BCUT2D eigenvalue weighted by Gasteiger charge is -2.09. The molecule has 19 heavy (non-hydrogen) atoms. The first-order valence-electron chi connectivity index (χ1n) is 5.95. The number of aryl methyl sites for hydroxylation is 1. The van der Waals surface area contributed by atoms with Crippen molar-refractivity contribution in [2.24, 2.45) is 0 Å². The van der Waals surface area contributed by atoms with Crippen molar-refractivity contribution in [1.29, 1.82) is 0 Å². The van der Waals surface area contributed by atoms with Crippen LogP contribution in [-0.2, 0) is 5.75 Å². The summed E-state index contributed by atoms with van der Waals surface area (Å²) in [5.74, 6) is 1.40. The van der Waals surface area contributed by atoms with Crippen LogP contribution in [0.1, 0.15) is 30.1 Å². The molecule has 1 aromatic carbocycles. The van der Waals surface area contributed by atoms with E-state index in [1.807, 2.05) is 31.2 Å². The summed E-state index contributed by atoms with van der Waals surface area (Å²) in [4.78, 5) is 9.69. The molecule has 5 heteroatoms. The highest BCUT2D eigenvalue weighted by Crippen LogP contribution is 2.28. The number of aromatic nitrogens is 2. The number of benzene rings is 1. The molecule has 3 nitrogen and oxygen atoms in total. The first-order valence-corrected chi connectivity index (χ1v) is 7.32. The van der Waals surface area contributed by atoms with Crippen LogP contribution in [0.15, 0.2) is 35.4 Å². The predicted molar refractivity (Wildman–Crippen MR) is 78.4 cm³/mol. The largest absolute Gasteiger partial charge is 0.389 e. The second-order valence-corrected chi connectivity index (χ2v) is 5.65. The Kier molecular flexibility index (Phi) is 4.80. The summed E-state index contributed by atoms with van der Waals surface area (Å²) in [7, 11) is 0. The van der Waals surface area contributed by atoms with Gasteiger partial charge in [-0.1, -0.05) is 23.7 Å². The predicted octanol–water partition coefficient (Wildman–Crippen LogP) is 3.78. The molecule has 0 aliphatic rings. The highest BCUT2D eigenvalue weighted by molar-refractivity contribution is 7.98. The maximum atomic E-state index is 9.54. The zero-order chi connectivity index (χ0) is 13.8. The first kappa shape index (κ1) is 14.3. The number of hydrogen-bond acceptors (Lipinski definition) is 4. The summed E-state index contributed by atoms with van der Waals surface area (Å²) >= 11 is 7.70. The summed E-state index contributed by atoms with van der Waals surface area (Å²) in [5, 5.41) is 10.3. The van der Waals surface area contributed by atoms with E-state index < -0.39 is 6.10 Å². The van der Waals surface area contributed by atoms with Crippen molar-refractivity contribution < 1.29 is 5.11 Å². The van der Waals surface area contributed by atoms with Gasteiger partial charge in [0.25, 0.3) is 0 Å². The van der Waals surface area contributed by atoms with Crippen molar-refractivity contribution in [2.45, 2.75) is 30.6 Å². The fourth-order valence-electron chi connectivity index (χ4n) is 1.71. The topological polar surface area (TPSA) is 46.0 Å². The van der Waals surface area contributed by atoms with Crippen LogP contribution in [0.5, 0.6) is 0 Å². The number of hydrogen-bond donors (Lipinski definition) is 1. The van der Waals surface area contributed by atoms with Crippen LogP contribution in [0.4, 0.5) is 0 Å². The lowest BCUT2D eigenvalue weighted by atomic mass is 10.1. The normalized spacial score (nSPS) is 12.4. The zero-order valence-corrected chi connectivity index (χ0v) is 12.4. The van der Waals surface area contributed by atoms with Crippen molar-refractivity contribution in [1.82, 2.24) is 9.97 Å². The van der Waals surface area contributed by atoms with Crippen molar-refractivity contribution in [3.63, 3.8) is 0 Å². The minimum absolute atomic E-state index is 0.537. The standard InChI is InChI=1S/C14H15ClN2OS/c1-9-11(10(2)18)7-16-14(17-9)8-19-13-6-4-3-5-12(13)15/h3-7,10,18H,8H2,1-2H3. The van der Waals surface area contributed by atoms with Gasteiger partial charge in [0.05, 0.1) is 16.9 Å². The first-order chi connectivity index (χ1) is 9.08. The summed E-state index contributed by atoms with van der Waals surface area (Å²) in [5.41, 5.74) is 1.59. The fourth-order valence-corrected chi connectivity index (χ4v) is 2.81. The Morgan fingerprint density at radius 2 is 2.11 bits per heavy atom. The minimum Gasteiger partial charge on any atom is -0.389 e. The summed E-state index contributed by atoms with van der Waals surface area (Å²) in [6.07, 6.45) is 1.15. The van der Waals surface area contributed by atoms with Crippen LogP contribution >= 0.6 is 23.4 Å². The average molecular weight is 295 g/mol. The van der Waals surface area contributed by atoms with E-state index in [2.05, 4.69) is 9.97 Å². The van der Waals surface area contributed by atoms with Crippen molar-refractivity contribution in [2.75, 3.05) is 0 Å². The monoisotopic (exact) mass is 294 g/mol. The molecule has 1 aromatic heterocycles. The smallest absolute Gasteiger partial charge is 0.138 e. The summed E-state index contributed by atoms with van der Waals surface area (Å²) < 4.78 is 0. The molecule has 1 unspecified atom stereocenters. The molecule has 0 spiro atoms. The van der Waals surface area contributed by atoms with Crippen LogP contribution in [0.3, 0.4) is 0 Å². The third kappa shape index (κ3) is 3.69. The Labute approximate surface area is 122 Å². The molecule has 2 rings (SSSR count). The van der Waals surface area contributed by atoms with Gasteiger partial charge in [-0.2, -0.15) is 0 Å². The van der Waals surface area contributed by atoms with Crippen molar-refractivity contribution in [3.8, 4) is 0 Å². The van der Waals surface area contributed by atoms with E-state index in [-0.39, 0.29) is 0 Å². The van der Waals surface area contributed by atoms with Gasteiger partial charge in [0.2, 0.25) is 0 Å². The maximum Gasteiger partial charge on any atom is 0.138 e. The number of aliphatic hydroxyl groups is 1. The lowest BCUT2D eigenvalue weighted by Crippen LogP contribution is -2.02. The van der Waals surface area contributed by atoms with Crippen LogP contribution in [0.25, 0.3) is 0 Å². The van der Waals surface area contributed by atoms with E-state index in [1.54, 1.807) is 24.9 Å². The number of aliphatic hydroxyl groups excluding tert-OH is 1. The molecule has 0 amide bonds. The molecule has 1 atom stereocenters. The lowest BCUT2D eigenvalue weighted by molar-refractivity contribution is 0.197. The SMILES string of the molecule is Cc1nc(CSc2ccccc2Cl)ncc1C(C)O. The molecular formula is C14H15ClN2OS. The van der Waals surface area contributed by atoms with Crippen molar-refractivity contribution in [3.05, 3.63) is 52.6 Å². The number of thioether (sulfide) groups is 1. The quantitative estimate of drug-likeness (QED) is 0.872. The Morgan fingerprint density at radius 3 is 2.74 bits per heavy atom. The molecule has 0 saturated carbocycles. The van der Waals surface area contributed by atoms with E-state index in [4.69, 9.17) is 11.6 Å². The second kappa shape index (κ2) is 6.37. The van der Waals surface area contributed by atoms with Crippen molar-refractivity contribution >= 4 is 23.4 Å². The molecule has 0 aliphatic carbocycles. The Hall–Kier alpha value is -1.10. The number of halogens is 1. The molecule has 0 fully saturated rings. The van der Waals surface area contributed by atoms with Gasteiger partial charge in [-0.05, 0) is 26.0 Å². The number of nitrogens with zero attached hydrogens (tertiary/aromatic N) is 2. The number of rotatable bonds is 4. The molecule has 0 aliphatic heterocycles. The Balaban J connectivity index is 2.08. The van der Waals surface area contributed by atoms with Gasteiger partial charge in [-0.3, -0.25) is 0 Å². The minimum atomic E-state index is -0.537. The molecule has 100 valence electrons. The molecule has 2 aromatic rings. The maximum absolute atomic E-state index is 9.54. The summed E-state index contributed by atoms with van der Waals surface area (Å²) in [6, 6.07) is 7.71. The van der Waals surface area contributed by atoms with E-state index in [1.165, 1.54) is 0 Å². The summed E-state index contributed by atoms with van der Waals surface area (Å²) in [6.45, 7) is 3.59. The van der Waals surface area contributed by atoms with Crippen LogP contribution < -0.4 is 0 Å². The fraction of sp³-hybridized carbons (Fsp3) is 0.286.